The lowest BCUT2D eigenvalue weighted by Gasteiger charge is -2.19. The van der Waals surface area contributed by atoms with Gasteiger partial charge < -0.3 is 5.73 Å². The van der Waals surface area contributed by atoms with Gasteiger partial charge in [0.1, 0.15) is 0 Å². The van der Waals surface area contributed by atoms with Gasteiger partial charge in [-0.15, -0.1) is 11.8 Å². The first-order valence-corrected chi connectivity index (χ1v) is 5.51. The molecule has 70 valence electrons. The number of carbonyl (C=O) groups is 1. The second kappa shape index (κ2) is 3.22. The van der Waals surface area contributed by atoms with Crippen molar-refractivity contribution < 1.29 is 4.79 Å². The predicted molar refractivity (Wildman–Crippen MR) is 55.1 cm³/mol. The number of allylic oxidation sites excluding steroid dienone is 2. The molecule has 0 aromatic rings. The molecule has 1 amide bonds. The average molecular weight is 195 g/mol. The first-order chi connectivity index (χ1) is 6.20. The third kappa shape index (κ3) is 1.41. The lowest BCUT2D eigenvalue weighted by atomic mass is 9.85. The molecular weight excluding hydrogens is 182 g/mol. The van der Waals surface area contributed by atoms with Crippen LogP contribution >= 0.6 is 11.8 Å². The van der Waals surface area contributed by atoms with Crippen molar-refractivity contribution in [2.75, 3.05) is 5.75 Å². The van der Waals surface area contributed by atoms with E-state index in [1.807, 2.05) is 0 Å². The highest BCUT2D eigenvalue weighted by Gasteiger charge is 2.33. The lowest BCUT2D eigenvalue weighted by molar-refractivity contribution is -0.120. The van der Waals surface area contributed by atoms with Gasteiger partial charge >= 0.3 is 0 Å². The number of nitrogens with two attached hydrogens (primary N) is 1. The van der Waals surface area contributed by atoms with Crippen LogP contribution in [-0.4, -0.2) is 11.7 Å². The summed E-state index contributed by atoms with van der Waals surface area (Å²) in [6.45, 7) is 2.17. The topological polar surface area (TPSA) is 43.1 Å². The quantitative estimate of drug-likeness (QED) is 0.692. The van der Waals surface area contributed by atoms with Crippen LogP contribution in [0.25, 0.3) is 0 Å². The van der Waals surface area contributed by atoms with Crippen LogP contribution in [0.2, 0.25) is 0 Å². The van der Waals surface area contributed by atoms with Gasteiger partial charge in [-0.2, -0.15) is 0 Å². The van der Waals surface area contributed by atoms with E-state index in [1.165, 1.54) is 10.5 Å². The molecule has 0 aromatic carbocycles. The molecule has 1 aliphatic carbocycles. The number of hydrogen-bond acceptors (Lipinski definition) is 2. The molecule has 0 radical (unpaired) electrons. The van der Waals surface area contributed by atoms with Crippen molar-refractivity contribution in [3.63, 3.8) is 0 Å². The zero-order valence-electron chi connectivity index (χ0n) is 7.62. The highest BCUT2D eigenvalue weighted by molar-refractivity contribution is 8.03. The van der Waals surface area contributed by atoms with Crippen LogP contribution in [-0.2, 0) is 4.79 Å². The summed E-state index contributed by atoms with van der Waals surface area (Å²) in [6.07, 6.45) is 5.35. The van der Waals surface area contributed by atoms with Crippen LogP contribution in [0.5, 0.6) is 0 Å². The van der Waals surface area contributed by atoms with Crippen LogP contribution < -0.4 is 5.73 Å². The van der Waals surface area contributed by atoms with Gasteiger partial charge in [0.15, 0.2) is 0 Å². The zero-order valence-corrected chi connectivity index (χ0v) is 8.43. The summed E-state index contributed by atoms with van der Waals surface area (Å²) >= 11 is 1.76. The van der Waals surface area contributed by atoms with Crippen LogP contribution in [0.3, 0.4) is 0 Å². The summed E-state index contributed by atoms with van der Waals surface area (Å²) in [5, 5.41) is 0. The fourth-order valence-electron chi connectivity index (χ4n) is 1.99. The van der Waals surface area contributed by atoms with E-state index in [2.05, 4.69) is 19.1 Å². The van der Waals surface area contributed by atoms with Gasteiger partial charge in [0.2, 0.25) is 5.91 Å². The third-order valence-electron chi connectivity index (χ3n) is 2.70. The summed E-state index contributed by atoms with van der Waals surface area (Å²) in [7, 11) is 0. The monoisotopic (exact) mass is 195 g/mol. The van der Waals surface area contributed by atoms with E-state index < -0.39 is 0 Å². The smallest absolute Gasteiger partial charge is 0.225 e. The van der Waals surface area contributed by atoms with Crippen molar-refractivity contribution in [3.8, 4) is 0 Å². The molecule has 0 saturated carbocycles. The molecule has 0 saturated heterocycles. The highest BCUT2D eigenvalue weighted by Crippen LogP contribution is 2.43. The molecule has 0 aromatic heterocycles. The first-order valence-electron chi connectivity index (χ1n) is 4.53. The SMILES string of the molecule is CC1CC=CC2=C1C(C(N)=O)CS2. The molecule has 2 unspecified atom stereocenters. The van der Waals surface area contributed by atoms with Gasteiger partial charge in [-0.1, -0.05) is 19.1 Å². The van der Waals surface area contributed by atoms with Gasteiger partial charge in [0.25, 0.3) is 0 Å². The molecule has 0 spiro atoms. The normalized spacial score (nSPS) is 32.1. The molecule has 2 aliphatic rings. The van der Waals surface area contributed by atoms with Gasteiger partial charge in [0.05, 0.1) is 5.92 Å². The lowest BCUT2D eigenvalue weighted by Crippen LogP contribution is -2.27. The van der Waals surface area contributed by atoms with E-state index in [-0.39, 0.29) is 11.8 Å². The number of hydrogen-bond donors (Lipinski definition) is 1. The molecule has 2 rings (SSSR count). The zero-order chi connectivity index (χ0) is 9.42. The Hall–Kier alpha value is -0.700. The van der Waals surface area contributed by atoms with Crippen molar-refractivity contribution in [2.45, 2.75) is 13.3 Å². The maximum atomic E-state index is 11.2. The van der Waals surface area contributed by atoms with Crippen LogP contribution in [0.1, 0.15) is 13.3 Å². The minimum atomic E-state index is -0.167. The number of rotatable bonds is 1. The Morgan fingerprint density at radius 1 is 1.69 bits per heavy atom. The van der Waals surface area contributed by atoms with E-state index in [1.54, 1.807) is 11.8 Å². The van der Waals surface area contributed by atoms with E-state index >= 15 is 0 Å². The molecule has 13 heavy (non-hydrogen) atoms. The van der Waals surface area contributed by atoms with Crippen LogP contribution in [0, 0.1) is 11.8 Å². The Kier molecular flexibility index (Phi) is 2.20. The van der Waals surface area contributed by atoms with Crippen molar-refractivity contribution in [2.24, 2.45) is 17.6 Å². The van der Waals surface area contributed by atoms with E-state index in [4.69, 9.17) is 5.73 Å². The average Bonchev–Trinajstić information content (AvgIpc) is 2.49. The van der Waals surface area contributed by atoms with Crippen molar-refractivity contribution in [1.82, 2.24) is 0 Å². The predicted octanol–water partition coefficient (Wildman–Crippen LogP) is 1.68. The molecule has 2 N–H and O–H groups in total. The fourth-order valence-corrected chi connectivity index (χ4v) is 3.38. The van der Waals surface area contributed by atoms with Gasteiger partial charge in [-0.3, -0.25) is 4.79 Å². The van der Waals surface area contributed by atoms with Crippen molar-refractivity contribution in [1.29, 1.82) is 0 Å². The molecule has 1 heterocycles. The summed E-state index contributed by atoms with van der Waals surface area (Å²) in [5.41, 5.74) is 6.63. The molecular formula is C10H13NOS. The Labute approximate surface area is 82.3 Å². The summed E-state index contributed by atoms with van der Waals surface area (Å²) in [6, 6.07) is 0. The summed E-state index contributed by atoms with van der Waals surface area (Å²) in [4.78, 5) is 12.4. The third-order valence-corrected chi connectivity index (χ3v) is 3.88. The fraction of sp³-hybridized carbons (Fsp3) is 0.500. The Morgan fingerprint density at radius 2 is 2.46 bits per heavy atom. The van der Waals surface area contributed by atoms with Crippen molar-refractivity contribution >= 4 is 17.7 Å². The van der Waals surface area contributed by atoms with Gasteiger partial charge in [-0.05, 0) is 17.9 Å². The number of primary amides is 1. The number of carbonyl (C=O) groups excluding carboxylic acids is 1. The maximum absolute atomic E-state index is 11.2. The van der Waals surface area contributed by atoms with Gasteiger partial charge in [-0.25, -0.2) is 0 Å². The first kappa shape index (κ1) is 8.88. The largest absolute Gasteiger partial charge is 0.369 e. The summed E-state index contributed by atoms with van der Waals surface area (Å²) < 4.78 is 0. The van der Waals surface area contributed by atoms with Gasteiger partial charge in [0, 0.05) is 10.7 Å². The van der Waals surface area contributed by atoms with Crippen LogP contribution in [0.15, 0.2) is 22.6 Å². The molecule has 2 nitrogen and oxygen atoms in total. The second-order valence-electron chi connectivity index (χ2n) is 3.62. The van der Waals surface area contributed by atoms with E-state index in [9.17, 15) is 4.79 Å². The number of thioether (sulfide) groups is 1. The maximum Gasteiger partial charge on any atom is 0.225 e. The molecule has 0 fully saturated rings. The Morgan fingerprint density at radius 3 is 3.15 bits per heavy atom. The van der Waals surface area contributed by atoms with E-state index in [0.29, 0.717) is 5.92 Å². The molecule has 0 bridgehead atoms. The Balaban J connectivity index is 2.34. The van der Waals surface area contributed by atoms with Crippen LogP contribution in [0.4, 0.5) is 0 Å². The second-order valence-corrected chi connectivity index (χ2v) is 4.69. The Bertz CT molecular complexity index is 306. The standard InChI is InChI=1S/C10H13NOS/c1-6-3-2-4-8-9(6)7(5-13-8)10(11)12/h2,4,6-7H,3,5H2,1H3,(H2,11,12). The molecule has 3 heteroatoms. The van der Waals surface area contributed by atoms with E-state index in [0.717, 1.165) is 12.2 Å². The minimum absolute atomic E-state index is 0.0139. The highest BCUT2D eigenvalue weighted by atomic mass is 32.2. The van der Waals surface area contributed by atoms with Crippen molar-refractivity contribution in [3.05, 3.63) is 22.6 Å². The molecule has 2 atom stereocenters. The summed E-state index contributed by atoms with van der Waals surface area (Å²) in [5.74, 6) is 1.15. The minimum Gasteiger partial charge on any atom is -0.369 e. The molecule has 1 aliphatic heterocycles. The number of amides is 1.